The SMILES string of the molecule is CCOc1cc(C2C(C(=O)OC)=C(C)Nc3nc4ccccc4n32)ccc1OCCC(C)C. The fraction of sp³-hybridized carbons (Fsp3) is 0.385. The van der Waals surface area contributed by atoms with Crippen LogP contribution in [0.1, 0.15) is 45.7 Å². The van der Waals surface area contributed by atoms with Crippen molar-refractivity contribution in [1.29, 1.82) is 0 Å². The van der Waals surface area contributed by atoms with E-state index in [0.717, 1.165) is 23.0 Å². The number of carbonyl (C=O) groups excluding carboxylic acids is 1. The lowest BCUT2D eigenvalue weighted by atomic mass is 9.94. The second-order valence-corrected chi connectivity index (χ2v) is 8.52. The summed E-state index contributed by atoms with van der Waals surface area (Å²) in [6, 6.07) is 13.3. The van der Waals surface area contributed by atoms with Gasteiger partial charge in [-0.1, -0.05) is 32.0 Å². The standard InChI is InChI=1S/C26H31N3O4/c1-6-32-22-15-18(11-12-21(22)33-14-13-16(2)3)24-23(25(30)31-5)17(4)27-26-28-19-9-7-8-10-20(19)29(24)26/h7-12,15-16,24H,6,13-14H2,1-5H3,(H,27,28). The van der Waals surface area contributed by atoms with Crippen molar-refractivity contribution < 1.29 is 19.0 Å². The summed E-state index contributed by atoms with van der Waals surface area (Å²) in [5, 5.41) is 3.28. The molecule has 174 valence electrons. The summed E-state index contributed by atoms with van der Waals surface area (Å²) in [6.07, 6.45) is 0.959. The Labute approximate surface area is 194 Å². The fourth-order valence-corrected chi connectivity index (χ4v) is 4.14. The topological polar surface area (TPSA) is 74.6 Å². The molecule has 2 heterocycles. The van der Waals surface area contributed by atoms with Gasteiger partial charge in [0.05, 0.1) is 43.0 Å². The first-order chi connectivity index (χ1) is 15.9. The van der Waals surface area contributed by atoms with Crippen LogP contribution in [-0.2, 0) is 9.53 Å². The summed E-state index contributed by atoms with van der Waals surface area (Å²) in [7, 11) is 1.40. The van der Waals surface area contributed by atoms with Gasteiger partial charge in [-0.3, -0.25) is 4.57 Å². The molecular weight excluding hydrogens is 418 g/mol. The Morgan fingerprint density at radius 2 is 1.94 bits per heavy atom. The third kappa shape index (κ3) is 4.40. The van der Waals surface area contributed by atoms with Crippen molar-refractivity contribution in [1.82, 2.24) is 9.55 Å². The largest absolute Gasteiger partial charge is 0.490 e. The number of nitrogens with one attached hydrogen (secondary N) is 1. The predicted octanol–water partition coefficient (Wildman–Crippen LogP) is 5.32. The summed E-state index contributed by atoms with van der Waals surface area (Å²) in [6.45, 7) is 9.28. The number of nitrogens with zero attached hydrogens (tertiary/aromatic N) is 2. The summed E-state index contributed by atoms with van der Waals surface area (Å²) >= 11 is 0. The molecule has 0 saturated carbocycles. The third-order valence-electron chi connectivity index (χ3n) is 5.77. The summed E-state index contributed by atoms with van der Waals surface area (Å²) in [5.41, 5.74) is 3.91. The molecule has 3 aromatic rings. The Balaban J connectivity index is 1.84. The number of esters is 1. The van der Waals surface area contributed by atoms with Crippen LogP contribution in [0.5, 0.6) is 11.5 Å². The predicted molar refractivity (Wildman–Crippen MR) is 129 cm³/mol. The molecule has 7 heteroatoms. The molecule has 0 radical (unpaired) electrons. The first kappa shape index (κ1) is 22.7. The number of fused-ring (bicyclic) bond motifs is 3. The number of para-hydroxylation sites is 2. The second-order valence-electron chi connectivity index (χ2n) is 8.52. The highest BCUT2D eigenvalue weighted by Crippen LogP contribution is 2.42. The van der Waals surface area contributed by atoms with E-state index in [4.69, 9.17) is 19.2 Å². The van der Waals surface area contributed by atoms with E-state index in [1.54, 1.807) is 0 Å². The van der Waals surface area contributed by atoms with Gasteiger partial charge in [-0.25, -0.2) is 9.78 Å². The lowest BCUT2D eigenvalue weighted by molar-refractivity contribution is -0.136. The van der Waals surface area contributed by atoms with E-state index < -0.39 is 6.04 Å². The molecule has 7 nitrogen and oxygen atoms in total. The molecule has 0 fully saturated rings. The van der Waals surface area contributed by atoms with E-state index in [9.17, 15) is 4.79 Å². The molecule has 0 saturated heterocycles. The number of methoxy groups -OCH3 is 1. The Kier molecular flexibility index (Phi) is 6.58. The molecule has 1 atom stereocenters. The molecule has 1 aliphatic rings. The Hall–Kier alpha value is -3.48. The summed E-state index contributed by atoms with van der Waals surface area (Å²) in [5.74, 6) is 2.21. The quantitative estimate of drug-likeness (QED) is 0.469. The Bertz CT molecular complexity index is 1200. The number of anilines is 1. The molecule has 1 aliphatic heterocycles. The fourth-order valence-electron chi connectivity index (χ4n) is 4.14. The number of ether oxygens (including phenoxy) is 3. The Morgan fingerprint density at radius 3 is 2.67 bits per heavy atom. The van der Waals surface area contributed by atoms with Gasteiger partial charge < -0.3 is 19.5 Å². The maximum absolute atomic E-state index is 12.9. The molecule has 33 heavy (non-hydrogen) atoms. The van der Waals surface area contributed by atoms with Crippen molar-refractivity contribution in [3.63, 3.8) is 0 Å². The van der Waals surface area contributed by atoms with Crippen molar-refractivity contribution in [3.8, 4) is 11.5 Å². The van der Waals surface area contributed by atoms with Crippen molar-refractivity contribution >= 4 is 23.0 Å². The van der Waals surface area contributed by atoms with Crippen molar-refractivity contribution in [2.45, 2.75) is 40.2 Å². The van der Waals surface area contributed by atoms with Crippen LogP contribution < -0.4 is 14.8 Å². The summed E-state index contributed by atoms with van der Waals surface area (Å²) < 4.78 is 19.2. The smallest absolute Gasteiger partial charge is 0.337 e. The van der Waals surface area contributed by atoms with Crippen LogP contribution in [0.4, 0.5) is 5.95 Å². The van der Waals surface area contributed by atoms with Gasteiger partial charge in [0, 0.05) is 5.70 Å². The van der Waals surface area contributed by atoms with Crippen LogP contribution in [-0.4, -0.2) is 35.8 Å². The minimum atomic E-state index is -0.426. The molecule has 1 aromatic heterocycles. The normalized spacial score (nSPS) is 15.4. The molecule has 1 N–H and O–H groups in total. The molecule has 0 aliphatic carbocycles. The van der Waals surface area contributed by atoms with Gasteiger partial charge in [0.1, 0.15) is 0 Å². The van der Waals surface area contributed by atoms with Gasteiger partial charge in [-0.05, 0) is 56.0 Å². The average Bonchev–Trinajstić information content (AvgIpc) is 3.16. The Morgan fingerprint density at radius 1 is 1.15 bits per heavy atom. The van der Waals surface area contributed by atoms with Gasteiger partial charge in [-0.15, -0.1) is 0 Å². The van der Waals surface area contributed by atoms with E-state index in [1.165, 1.54) is 7.11 Å². The molecule has 0 amide bonds. The van der Waals surface area contributed by atoms with Crippen molar-refractivity contribution in [3.05, 3.63) is 59.3 Å². The maximum Gasteiger partial charge on any atom is 0.337 e. The van der Waals surface area contributed by atoms with Gasteiger partial charge in [0.15, 0.2) is 11.5 Å². The number of benzene rings is 2. The molecular formula is C26H31N3O4. The van der Waals surface area contributed by atoms with Gasteiger partial charge in [0.25, 0.3) is 0 Å². The third-order valence-corrected chi connectivity index (χ3v) is 5.77. The van der Waals surface area contributed by atoms with Gasteiger partial charge >= 0.3 is 5.97 Å². The minimum absolute atomic E-state index is 0.386. The molecule has 2 aromatic carbocycles. The number of hydrogen-bond acceptors (Lipinski definition) is 6. The van der Waals surface area contributed by atoms with Crippen molar-refractivity contribution in [2.24, 2.45) is 5.92 Å². The lowest BCUT2D eigenvalue weighted by Gasteiger charge is -2.30. The van der Waals surface area contributed by atoms with E-state index >= 15 is 0 Å². The lowest BCUT2D eigenvalue weighted by Crippen LogP contribution is -2.28. The highest BCUT2D eigenvalue weighted by atomic mass is 16.5. The molecule has 0 bridgehead atoms. The van der Waals surface area contributed by atoms with Crippen LogP contribution in [0.2, 0.25) is 0 Å². The minimum Gasteiger partial charge on any atom is -0.490 e. The highest BCUT2D eigenvalue weighted by Gasteiger charge is 2.35. The average molecular weight is 450 g/mol. The van der Waals surface area contributed by atoms with E-state index in [1.807, 2.05) is 60.9 Å². The number of carbonyl (C=O) groups is 1. The van der Waals surface area contributed by atoms with E-state index in [0.29, 0.717) is 47.8 Å². The van der Waals surface area contributed by atoms with Crippen LogP contribution in [0.3, 0.4) is 0 Å². The number of imidazole rings is 1. The molecule has 4 rings (SSSR count). The summed E-state index contributed by atoms with van der Waals surface area (Å²) in [4.78, 5) is 17.6. The van der Waals surface area contributed by atoms with Crippen LogP contribution in [0.15, 0.2) is 53.7 Å². The number of rotatable bonds is 8. The maximum atomic E-state index is 12.9. The van der Waals surface area contributed by atoms with Crippen LogP contribution in [0, 0.1) is 5.92 Å². The van der Waals surface area contributed by atoms with E-state index in [-0.39, 0.29) is 5.97 Å². The van der Waals surface area contributed by atoms with Gasteiger partial charge in [-0.2, -0.15) is 0 Å². The van der Waals surface area contributed by atoms with Crippen molar-refractivity contribution in [2.75, 3.05) is 25.6 Å². The number of aromatic nitrogens is 2. The second kappa shape index (κ2) is 9.57. The van der Waals surface area contributed by atoms with Crippen LogP contribution in [0.25, 0.3) is 11.0 Å². The highest BCUT2D eigenvalue weighted by molar-refractivity contribution is 5.94. The van der Waals surface area contributed by atoms with E-state index in [2.05, 4.69) is 19.2 Å². The zero-order chi connectivity index (χ0) is 23.5. The monoisotopic (exact) mass is 449 g/mol. The first-order valence-electron chi connectivity index (χ1n) is 11.4. The zero-order valence-electron chi connectivity index (χ0n) is 19.8. The van der Waals surface area contributed by atoms with Crippen LogP contribution >= 0.6 is 0 Å². The molecule has 0 spiro atoms. The molecule has 1 unspecified atom stereocenters. The first-order valence-corrected chi connectivity index (χ1v) is 11.4. The zero-order valence-corrected chi connectivity index (χ0v) is 19.8. The number of hydrogen-bond donors (Lipinski definition) is 1. The van der Waals surface area contributed by atoms with Gasteiger partial charge in [0.2, 0.25) is 5.95 Å². The number of allylic oxidation sites excluding steroid dienone is 1.